The van der Waals surface area contributed by atoms with Crippen molar-refractivity contribution in [1.82, 2.24) is 10.2 Å². The van der Waals surface area contributed by atoms with Crippen molar-refractivity contribution >= 4 is 33.3 Å². The minimum Gasteiger partial charge on any atom is -0.340 e. The second-order valence-electron chi connectivity index (χ2n) is 7.71. The number of sulfone groups is 1. The second-order valence-corrected chi connectivity index (χ2v) is 10.3. The van der Waals surface area contributed by atoms with Crippen molar-refractivity contribution in [3.8, 4) is 0 Å². The minimum atomic E-state index is -3.10. The molecule has 2 amide bonds. The zero-order valence-electron chi connectivity index (χ0n) is 15.5. The fourth-order valence-corrected chi connectivity index (χ4v) is 5.48. The molecule has 148 valence electrons. The van der Waals surface area contributed by atoms with Crippen molar-refractivity contribution < 1.29 is 18.0 Å². The molecule has 1 saturated carbocycles. The highest BCUT2D eigenvalue weighted by Crippen LogP contribution is 2.33. The lowest BCUT2D eigenvalue weighted by Crippen LogP contribution is -2.55. The molecule has 1 aromatic carbocycles. The maximum atomic E-state index is 13.3. The van der Waals surface area contributed by atoms with E-state index in [-0.39, 0.29) is 35.4 Å². The van der Waals surface area contributed by atoms with Gasteiger partial charge in [0.25, 0.3) is 5.91 Å². The van der Waals surface area contributed by atoms with Gasteiger partial charge in [0.2, 0.25) is 5.91 Å². The molecule has 1 N–H and O–H groups in total. The molecule has 8 heteroatoms. The normalized spacial score (nSPS) is 22.4. The van der Waals surface area contributed by atoms with Crippen LogP contribution in [-0.4, -0.2) is 54.8 Å². The van der Waals surface area contributed by atoms with Gasteiger partial charge in [0.05, 0.1) is 22.1 Å². The average Bonchev–Trinajstić information content (AvgIpc) is 3.35. The summed E-state index contributed by atoms with van der Waals surface area (Å²) in [6, 6.07) is 5.75. The quantitative estimate of drug-likeness (QED) is 0.776. The van der Waals surface area contributed by atoms with Gasteiger partial charge in [-0.3, -0.25) is 9.59 Å². The largest absolute Gasteiger partial charge is 0.340 e. The summed E-state index contributed by atoms with van der Waals surface area (Å²) in [7, 11) is -3.10. The number of halogens is 1. The molecule has 0 aromatic heterocycles. The molecule has 2 atom stereocenters. The van der Waals surface area contributed by atoms with Crippen LogP contribution in [0.3, 0.4) is 0 Å². The number of hydrogen-bond acceptors (Lipinski definition) is 4. The van der Waals surface area contributed by atoms with Gasteiger partial charge in [-0.05, 0) is 37.3 Å². The smallest absolute Gasteiger partial charge is 0.253 e. The lowest BCUT2D eigenvalue weighted by molar-refractivity contribution is -0.136. The summed E-state index contributed by atoms with van der Waals surface area (Å²) in [5, 5.41) is 3.14. The molecule has 2 fully saturated rings. The highest BCUT2D eigenvalue weighted by atomic mass is 35.5. The van der Waals surface area contributed by atoms with Gasteiger partial charge in [0, 0.05) is 12.1 Å². The van der Waals surface area contributed by atoms with Crippen LogP contribution >= 0.6 is 11.6 Å². The van der Waals surface area contributed by atoms with Crippen molar-refractivity contribution in [2.24, 2.45) is 5.92 Å². The zero-order chi connectivity index (χ0) is 19.8. The van der Waals surface area contributed by atoms with E-state index in [2.05, 4.69) is 5.32 Å². The van der Waals surface area contributed by atoms with Gasteiger partial charge in [-0.2, -0.15) is 0 Å². The maximum absolute atomic E-state index is 13.3. The zero-order valence-corrected chi connectivity index (χ0v) is 17.1. The Hall–Kier alpha value is -1.60. The Morgan fingerprint density at radius 3 is 2.33 bits per heavy atom. The third-order valence-corrected chi connectivity index (χ3v) is 7.21. The van der Waals surface area contributed by atoms with Crippen LogP contribution in [0, 0.1) is 5.92 Å². The number of amides is 2. The lowest BCUT2D eigenvalue weighted by atomic mass is 10.0. The van der Waals surface area contributed by atoms with Crippen LogP contribution in [0.5, 0.6) is 0 Å². The number of benzene rings is 1. The Morgan fingerprint density at radius 2 is 1.81 bits per heavy atom. The van der Waals surface area contributed by atoms with Crippen LogP contribution in [0.1, 0.15) is 43.5 Å². The summed E-state index contributed by atoms with van der Waals surface area (Å²) in [6.45, 7) is 3.73. The molecular weight excluding hydrogens is 388 g/mol. The van der Waals surface area contributed by atoms with Crippen LogP contribution in [-0.2, 0) is 14.6 Å². The van der Waals surface area contributed by atoms with E-state index >= 15 is 0 Å². The molecule has 3 rings (SSSR count). The Labute approximate surface area is 165 Å². The molecular formula is C19H25ClN2O4S. The Kier molecular flexibility index (Phi) is 5.82. The molecule has 6 nitrogen and oxygen atoms in total. The van der Waals surface area contributed by atoms with Gasteiger partial charge in [-0.1, -0.05) is 37.6 Å². The first-order valence-corrected chi connectivity index (χ1v) is 11.5. The predicted octanol–water partition coefficient (Wildman–Crippen LogP) is 2.27. The fourth-order valence-electron chi connectivity index (χ4n) is 3.54. The summed E-state index contributed by atoms with van der Waals surface area (Å²) < 4.78 is 23.8. The maximum Gasteiger partial charge on any atom is 0.253 e. The predicted molar refractivity (Wildman–Crippen MR) is 104 cm³/mol. The number of nitrogens with one attached hydrogen (secondary N) is 1. The average molecular weight is 413 g/mol. The summed E-state index contributed by atoms with van der Waals surface area (Å²) in [6.07, 6.45) is 2.23. The van der Waals surface area contributed by atoms with Gasteiger partial charge in [-0.25, -0.2) is 8.42 Å². The van der Waals surface area contributed by atoms with E-state index < -0.39 is 21.8 Å². The standard InChI is InChI=1S/C19H25ClN2O4S/c1-12(2)17(21-18(23)15-5-3-4-6-16(15)20)19(24)22(13-7-8-13)14-9-10-27(25,26)11-14/h3-6,12-14,17H,7-11H2,1-2H3,(H,21,23). The summed E-state index contributed by atoms with van der Waals surface area (Å²) in [5.41, 5.74) is 0.319. The molecule has 0 bridgehead atoms. The SMILES string of the molecule is CC(C)C(NC(=O)c1ccccc1Cl)C(=O)N(C1CC1)C1CCS(=O)(=O)C1. The Morgan fingerprint density at radius 1 is 1.15 bits per heavy atom. The molecule has 1 saturated heterocycles. The van der Waals surface area contributed by atoms with E-state index in [1.807, 2.05) is 13.8 Å². The van der Waals surface area contributed by atoms with Gasteiger partial charge >= 0.3 is 0 Å². The van der Waals surface area contributed by atoms with Crippen molar-refractivity contribution in [1.29, 1.82) is 0 Å². The lowest BCUT2D eigenvalue weighted by Gasteiger charge is -2.33. The van der Waals surface area contributed by atoms with Crippen LogP contribution in [0.2, 0.25) is 5.02 Å². The number of rotatable bonds is 6. The summed E-state index contributed by atoms with van der Waals surface area (Å²) in [4.78, 5) is 27.7. The molecule has 1 heterocycles. The van der Waals surface area contributed by atoms with Gasteiger partial charge in [-0.15, -0.1) is 0 Å². The Balaban J connectivity index is 1.80. The van der Waals surface area contributed by atoms with Crippen LogP contribution in [0.25, 0.3) is 0 Å². The van der Waals surface area contributed by atoms with Crippen LogP contribution < -0.4 is 5.32 Å². The minimum absolute atomic E-state index is 0.0124. The first kappa shape index (κ1) is 20.1. The topological polar surface area (TPSA) is 83.6 Å². The van der Waals surface area contributed by atoms with Gasteiger partial charge < -0.3 is 10.2 Å². The molecule has 1 aliphatic heterocycles. The molecule has 2 aliphatic rings. The fraction of sp³-hybridized carbons (Fsp3) is 0.579. The highest BCUT2D eigenvalue weighted by molar-refractivity contribution is 7.91. The molecule has 1 aromatic rings. The monoisotopic (exact) mass is 412 g/mol. The van der Waals surface area contributed by atoms with E-state index in [4.69, 9.17) is 11.6 Å². The van der Waals surface area contributed by atoms with Crippen molar-refractivity contribution in [2.75, 3.05) is 11.5 Å². The van der Waals surface area contributed by atoms with Crippen molar-refractivity contribution in [3.63, 3.8) is 0 Å². The summed E-state index contributed by atoms with van der Waals surface area (Å²) >= 11 is 6.10. The van der Waals surface area contributed by atoms with E-state index in [1.54, 1.807) is 29.2 Å². The summed E-state index contributed by atoms with van der Waals surface area (Å²) in [5.74, 6) is -0.606. The van der Waals surface area contributed by atoms with E-state index in [9.17, 15) is 18.0 Å². The third kappa shape index (κ3) is 4.63. The number of nitrogens with zero attached hydrogens (tertiary/aromatic N) is 1. The second kappa shape index (κ2) is 7.80. The number of carbonyl (C=O) groups excluding carboxylic acids is 2. The van der Waals surface area contributed by atoms with Crippen molar-refractivity contribution in [2.45, 2.75) is 51.2 Å². The molecule has 2 unspecified atom stereocenters. The molecule has 1 aliphatic carbocycles. The van der Waals surface area contributed by atoms with Crippen LogP contribution in [0.4, 0.5) is 0 Å². The van der Waals surface area contributed by atoms with Crippen LogP contribution in [0.15, 0.2) is 24.3 Å². The van der Waals surface area contributed by atoms with E-state index in [1.165, 1.54) is 0 Å². The van der Waals surface area contributed by atoms with Crippen molar-refractivity contribution in [3.05, 3.63) is 34.9 Å². The van der Waals surface area contributed by atoms with E-state index in [0.717, 1.165) is 12.8 Å². The van der Waals surface area contributed by atoms with Gasteiger partial charge in [0.1, 0.15) is 6.04 Å². The molecule has 27 heavy (non-hydrogen) atoms. The highest BCUT2D eigenvalue weighted by Gasteiger charge is 2.44. The molecule has 0 spiro atoms. The Bertz CT molecular complexity index is 836. The third-order valence-electron chi connectivity index (χ3n) is 5.13. The van der Waals surface area contributed by atoms with E-state index in [0.29, 0.717) is 17.0 Å². The number of carbonyl (C=O) groups is 2. The molecule has 0 radical (unpaired) electrons. The first-order valence-electron chi connectivity index (χ1n) is 9.27. The first-order chi connectivity index (χ1) is 12.7. The van der Waals surface area contributed by atoms with Gasteiger partial charge in [0.15, 0.2) is 9.84 Å². The number of hydrogen-bond donors (Lipinski definition) is 1.